The lowest BCUT2D eigenvalue weighted by molar-refractivity contribution is -0.142. The number of sulfonamides is 1. The maximum atomic E-state index is 14.7. The Labute approximate surface area is 394 Å². The molecule has 8 rings (SSSR count). The van der Waals surface area contributed by atoms with Crippen LogP contribution in [0.4, 0.5) is 5.13 Å². The van der Waals surface area contributed by atoms with Crippen LogP contribution in [0.15, 0.2) is 107 Å². The zero-order valence-corrected chi connectivity index (χ0v) is 38.6. The third kappa shape index (κ3) is 10.2. The van der Waals surface area contributed by atoms with Gasteiger partial charge in [-0.05, 0) is 101 Å². The van der Waals surface area contributed by atoms with E-state index < -0.39 is 40.1 Å². The summed E-state index contributed by atoms with van der Waals surface area (Å²) in [6, 6.07) is 29.6. The van der Waals surface area contributed by atoms with E-state index in [9.17, 15) is 27.9 Å². The predicted octanol–water partition coefficient (Wildman–Crippen LogP) is 8.66. The minimum Gasteiger partial charge on any atom is -0.489 e. The molecule has 338 valence electrons. The van der Waals surface area contributed by atoms with Crippen molar-refractivity contribution in [3.8, 4) is 34.4 Å². The van der Waals surface area contributed by atoms with Gasteiger partial charge in [-0.1, -0.05) is 96.1 Å². The minimum atomic E-state index is -4.49. The van der Waals surface area contributed by atoms with E-state index in [1.165, 1.54) is 6.92 Å². The SMILES string of the molecule is CCC(=O)Nc1nc(C)c(S(=O)(=O)N2Cc3cc4c(cc3CC2C(=O)N[C@@H](Cc2ccc(-c3ccc(C#N)cc3)cc2)C(=O)O)OC[C@H](c2ccc(OCc3ccc(Cl)c(Cl)c3)cc2)O4)s1. The number of amides is 2. The maximum Gasteiger partial charge on any atom is 0.326 e. The van der Waals surface area contributed by atoms with Crippen molar-refractivity contribution in [3.63, 3.8) is 0 Å². The molecule has 18 heteroatoms. The first-order valence-electron chi connectivity index (χ1n) is 20.7. The van der Waals surface area contributed by atoms with Gasteiger partial charge in [0.15, 0.2) is 26.9 Å². The van der Waals surface area contributed by atoms with Crippen LogP contribution < -0.4 is 24.8 Å². The van der Waals surface area contributed by atoms with Gasteiger partial charge in [-0.15, -0.1) is 0 Å². The van der Waals surface area contributed by atoms with Crippen LogP contribution in [0, 0.1) is 18.3 Å². The topological polar surface area (TPSA) is 197 Å². The largest absolute Gasteiger partial charge is 0.489 e. The van der Waals surface area contributed by atoms with Gasteiger partial charge in [0.2, 0.25) is 11.8 Å². The van der Waals surface area contributed by atoms with Crippen molar-refractivity contribution in [1.82, 2.24) is 14.6 Å². The van der Waals surface area contributed by atoms with E-state index in [-0.39, 0.29) is 60.0 Å². The lowest BCUT2D eigenvalue weighted by Gasteiger charge is -2.36. The Morgan fingerprint density at radius 3 is 2.29 bits per heavy atom. The minimum absolute atomic E-state index is 0.0872. The molecule has 0 aliphatic carbocycles. The van der Waals surface area contributed by atoms with Gasteiger partial charge in [0.25, 0.3) is 10.0 Å². The van der Waals surface area contributed by atoms with Crippen LogP contribution in [0.5, 0.6) is 17.2 Å². The summed E-state index contributed by atoms with van der Waals surface area (Å²) < 4.78 is 48.9. The Morgan fingerprint density at radius 1 is 0.939 bits per heavy atom. The van der Waals surface area contributed by atoms with Crippen LogP contribution in [-0.2, 0) is 50.4 Å². The quantitative estimate of drug-likeness (QED) is 0.0945. The average Bonchev–Trinajstić information content (AvgIpc) is 3.70. The number of aryl methyl sites for hydroxylation is 1. The number of hydrogen-bond acceptors (Lipinski definition) is 11. The third-order valence-corrected chi connectivity index (χ3v) is 15.4. The highest BCUT2D eigenvalue weighted by molar-refractivity contribution is 7.91. The number of rotatable bonds is 14. The summed E-state index contributed by atoms with van der Waals surface area (Å²) in [5.74, 6) is -1.07. The highest BCUT2D eigenvalue weighted by Crippen LogP contribution is 2.43. The number of carbonyl (C=O) groups excluding carboxylic acids is 2. The predicted molar refractivity (Wildman–Crippen MR) is 248 cm³/mol. The second-order valence-corrected chi connectivity index (χ2v) is 19.5. The summed E-state index contributed by atoms with van der Waals surface area (Å²) in [6.45, 7) is 3.33. The molecule has 0 fully saturated rings. The van der Waals surface area contributed by atoms with E-state index in [0.717, 1.165) is 37.9 Å². The molecule has 0 saturated carbocycles. The number of halogens is 2. The normalized spacial score (nSPS) is 16.0. The van der Waals surface area contributed by atoms with Gasteiger partial charge in [0.1, 0.15) is 31.0 Å². The molecule has 0 spiro atoms. The molecule has 1 unspecified atom stereocenters. The molecule has 3 heterocycles. The molecule has 3 N–H and O–H groups in total. The van der Waals surface area contributed by atoms with Crippen molar-refractivity contribution in [2.45, 2.75) is 68.7 Å². The van der Waals surface area contributed by atoms with Gasteiger partial charge in [-0.2, -0.15) is 9.57 Å². The molecule has 2 aliphatic heterocycles. The number of nitrogens with one attached hydrogen (secondary N) is 2. The Balaban J connectivity index is 1.03. The molecule has 2 aliphatic rings. The summed E-state index contributed by atoms with van der Waals surface area (Å²) in [7, 11) is -4.49. The second kappa shape index (κ2) is 19.5. The van der Waals surface area contributed by atoms with E-state index in [1.807, 2.05) is 54.6 Å². The van der Waals surface area contributed by atoms with Crippen LogP contribution in [0.25, 0.3) is 11.1 Å². The van der Waals surface area contributed by atoms with E-state index >= 15 is 0 Å². The van der Waals surface area contributed by atoms with Crippen LogP contribution in [0.3, 0.4) is 0 Å². The Hall–Kier alpha value is -6.48. The fraction of sp³-hybridized carbons (Fsp3) is 0.229. The van der Waals surface area contributed by atoms with Crippen molar-refractivity contribution in [3.05, 3.63) is 152 Å². The molecule has 3 atom stereocenters. The molecule has 1 aromatic heterocycles. The molecule has 6 aromatic rings. The standard InChI is InChI=1S/C48H41Cl2N5O9S2/c1-3-44(56)54-48-52-27(2)47(65-48)66(60,61)55-24-35-22-42-41(63-26-43(64-42)33-13-15-36(16-14-33)62-25-30-8-17-37(49)38(50)18-30)21-34(35)20-40(55)45(57)53-39(46(58)59)19-28-4-9-31(10-5-28)32-11-6-29(23-51)7-12-32/h4-18,21-22,39-40,43H,3,19-20,24-26H2,1-2H3,(H,53,57)(H,58,59)(H,52,54,56)/t39-,40?,43+/m0/s1. The Bertz CT molecular complexity index is 2980. The lowest BCUT2D eigenvalue weighted by atomic mass is 9.94. The number of benzene rings is 5. The summed E-state index contributed by atoms with van der Waals surface area (Å²) in [4.78, 5) is 43.6. The number of ether oxygens (including phenoxy) is 3. The number of nitriles is 1. The van der Waals surface area contributed by atoms with Crippen LogP contribution in [0.1, 0.15) is 58.5 Å². The van der Waals surface area contributed by atoms with E-state index in [4.69, 9.17) is 42.7 Å². The van der Waals surface area contributed by atoms with Crippen molar-refractivity contribution >= 4 is 67.5 Å². The number of carbonyl (C=O) groups is 3. The first kappa shape index (κ1) is 46.1. The van der Waals surface area contributed by atoms with Crippen molar-refractivity contribution in [2.75, 3.05) is 11.9 Å². The highest BCUT2D eigenvalue weighted by Gasteiger charge is 2.43. The van der Waals surface area contributed by atoms with Crippen molar-refractivity contribution in [1.29, 1.82) is 5.26 Å². The Morgan fingerprint density at radius 2 is 1.62 bits per heavy atom. The number of thiazole rings is 1. The monoisotopic (exact) mass is 965 g/mol. The first-order chi connectivity index (χ1) is 31.7. The molecule has 5 aromatic carbocycles. The molecule has 66 heavy (non-hydrogen) atoms. The molecular weight excluding hydrogens is 926 g/mol. The number of hydrogen-bond donors (Lipinski definition) is 3. The maximum absolute atomic E-state index is 14.7. The summed E-state index contributed by atoms with van der Waals surface area (Å²) in [5.41, 5.74) is 5.81. The number of anilines is 1. The van der Waals surface area contributed by atoms with E-state index in [1.54, 1.807) is 55.5 Å². The van der Waals surface area contributed by atoms with Crippen molar-refractivity contribution in [2.24, 2.45) is 0 Å². The number of nitrogens with zero attached hydrogens (tertiary/aromatic N) is 3. The fourth-order valence-corrected chi connectivity index (χ4v) is 11.0. The summed E-state index contributed by atoms with van der Waals surface area (Å²) in [6.07, 6.45) is -0.575. The number of carboxylic acid groups (broad SMARTS) is 1. The molecule has 14 nitrogen and oxygen atoms in total. The van der Waals surface area contributed by atoms with Gasteiger partial charge in [0.05, 0.1) is 27.4 Å². The average molecular weight is 967 g/mol. The summed E-state index contributed by atoms with van der Waals surface area (Å²) >= 11 is 13.0. The first-order valence-corrected chi connectivity index (χ1v) is 23.7. The molecule has 2 amide bonds. The number of aliphatic carboxylic acids is 1. The summed E-state index contributed by atoms with van der Waals surface area (Å²) in [5, 5.41) is 25.7. The Kier molecular flexibility index (Phi) is 13.6. The fourth-order valence-electron chi connectivity index (χ4n) is 7.61. The van der Waals surface area contributed by atoms with Gasteiger partial charge < -0.3 is 30.0 Å². The smallest absolute Gasteiger partial charge is 0.326 e. The van der Waals surface area contributed by atoms with Crippen LogP contribution >= 0.6 is 34.5 Å². The van der Waals surface area contributed by atoms with Gasteiger partial charge in [-0.3, -0.25) is 9.59 Å². The zero-order valence-electron chi connectivity index (χ0n) is 35.4. The van der Waals surface area contributed by atoms with Crippen LogP contribution in [-0.4, -0.2) is 59.3 Å². The number of fused-ring (bicyclic) bond motifs is 2. The van der Waals surface area contributed by atoms with Gasteiger partial charge in [-0.25, -0.2) is 18.2 Å². The highest BCUT2D eigenvalue weighted by atomic mass is 35.5. The number of aromatic nitrogens is 1. The van der Waals surface area contributed by atoms with Gasteiger partial charge >= 0.3 is 5.97 Å². The van der Waals surface area contributed by atoms with E-state index in [0.29, 0.717) is 49.5 Å². The van der Waals surface area contributed by atoms with Crippen LogP contribution in [0.2, 0.25) is 10.0 Å². The lowest BCUT2D eigenvalue weighted by Crippen LogP contribution is -2.55. The van der Waals surface area contributed by atoms with E-state index in [2.05, 4.69) is 21.7 Å². The number of carboxylic acids is 1. The zero-order chi connectivity index (χ0) is 46.7. The molecule has 0 saturated heterocycles. The molecule has 0 bridgehead atoms. The third-order valence-electron chi connectivity index (χ3n) is 11.2. The van der Waals surface area contributed by atoms with Gasteiger partial charge in [0, 0.05) is 19.4 Å². The molecular formula is C48H41Cl2N5O9S2. The second-order valence-electron chi connectivity index (χ2n) is 15.6. The molecule has 0 radical (unpaired) electrons. The van der Waals surface area contributed by atoms with Crippen molar-refractivity contribution < 1.29 is 42.1 Å².